The summed E-state index contributed by atoms with van der Waals surface area (Å²) in [7, 11) is 0. The fraction of sp³-hybridized carbons (Fsp3) is 0.350. The van der Waals surface area contributed by atoms with Crippen molar-refractivity contribution in [3.63, 3.8) is 0 Å². The highest BCUT2D eigenvalue weighted by molar-refractivity contribution is 6.29. The lowest BCUT2D eigenvalue weighted by atomic mass is 10.2. The van der Waals surface area contributed by atoms with E-state index in [1.165, 1.54) is 24.7 Å². The number of nitrogens with zero attached hydrogens (tertiary/aromatic N) is 5. The van der Waals surface area contributed by atoms with E-state index >= 15 is 0 Å². The highest BCUT2D eigenvalue weighted by Crippen LogP contribution is 2.41. The lowest BCUT2D eigenvalue weighted by Crippen LogP contribution is -2.16. The van der Waals surface area contributed by atoms with E-state index in [0.717, 1.165) is 10.2 Å². The molecule has 0 saturated heterocycles. The van der Waals surface area contributed by atoms with Gasteiger partial charge in [-0.2, -0.15) is 18.3 Å². The molecule has 1 fully saturated rings. The van der Waals surface area contributed by atoms with E-state index in [2.05, 4.69) is 15.1 Å². The summed E-state index contributed by atoms with van der Waals surface area (Å²) in [6.45, 7) is 3.01. The van der Waals surface area contributed by atoms with Crippen LogP contribution in [0.25, 0.3) is 16.7 Å². The Morgan fingerprint density at radius 3 is 2.55 bits per heavy atom. The minimum absolute atomic E-state index is 0.504. The number of rotatable bonds is 2. The molecule has 1 aromatic carbocycles. The van der Waals surface area contributed by atoms with Crippen LogP contribution < -0.4 is 0 Å². The van der Waals surface area contributed by atoms with Gasteiger partial charge in [-0.25, -0.2) is 14.5 Å². The summed E-state index contributed by atoms with van der Waals surface area (Å²) in [6, 6.07) is 8.67. The van der Waals surface area contributed by atoms with Crippen LogP contribution in [0.1, 0.15) is 38.2 Å². The van der Waals surface area contributed by atoms with Gasteiger partial charge in [0.25, 0.3) is 0 Å². The second kappa shape index (κ2) is 8.82. The molecule has 0 atom stereocenters. The number of imidazole rings is 2. The zero-order valence-electron chi connectivity index (χ0n) is 16.1. The van der Waals surface area contributed by atoms with Gasteiger partial charge in [0.1, 0.15) is 11.7 Å². The topological polar surface area (TPSA) is 48.0 Å². The van der Waals surface area contributed by atoms with Gasteiger partial charge < -0.3 is 4.57 Å². The maximum Gasteiger partial charge on any atom is 0.406 e. The van der Waals surface area contributed by atoms with Crippen LogP contribution in [0, 0.1) is 0 Å². The summed E-state index contributed by atoms with van der Waals surface area (Å²) in [4.78, 5) is 8.13. The summed E-state index contributed by atoms with van der Waals surface area (Å²) in [5, 5.41) is 4.67. The first kappa shape index (κ1) is 21.1. The number of aromatic nitrogens is 5. The summed E-state index contributed by atoms with van der Waals surface area (Å²) in [5.74, 6) is 0.658. The van der Waals surface area contributed by atoms with Crippen molar-refractivity contribution in [2.45, 2.75) is 45.3 Å². The minimum Gasteiger partial charge on any atom is -0.321 e. The Labute approximate surface area is 171 Å². The Hall–Kier alpha value is -2.61. The standard InChI is InChI=1S/C9H8ClN3.C9H7F3N2.C2H6/c10-8-5-7(6-1-2-6)9-11-3-4-13(9)12-8;10-9(11,12)5-14-6-13-7-3-1-2-4-8(7)14;1-2/h3-6H,1-2H2;1-4,6H,5H2;1-2H3. The number of benzene rings is 1. The van der Waals surface area contributed by atoms with Crippen LogP contribution >= 0.6 is 11.6 Å². The first-order valence-electron chi connectivity index (χ1n) is 9.37. The zero-order chi connectivity index (χ0) is 21.0. The predicted molar refractivity (Wildman–Crippen MR) is 107 cm³/mol. The summed E-state index contributed by atoms with van der Waals surface area (Å²) >= 11 is 5.89. The molecule has 0 unspecified atom stereocenters. The quantitative estimate of drug-likeness (QED) is 0.404. The number of fused-ring (bicyclic) bond motifs is 2. The molecule has 0 amide bonds. The molecule has 0 radical (unpaired) electrons. The predicted octanol–water partition coefficient (Wildman–Crippen LogP) is 5.88. The van der Waals surface area contributed by atoms with E-state index in [-0.39, 0.29) is 0 Å². The molecule has 5 rings (SSSR count). The van der Waals surface area contributed by atoms with Crippen molar-refractivity contribution >= 4 is 28.3 Å². The normalized spacial score (nSPS) is 13.6. The van der Waals surface area contributed by atoms with Crippen LogP contribution in [-0.4, -0.2) is 30.3 Å². The van der Waals surface area contributed by atoms with Crippen molar-refractivity contribution in [3.8, 4) is 0 Å². The smallest absolute Gasteiger partial charge is 0.321 e. The third kappa shape index (κ3) is 5.26. The van der Waals surface area contributed by atoms with Gasteiger partial charge in [0.2, 0.25) is 0 Å². The molecule has 0 N–H and O–H groups in total. The largest absolute Gasteiger partial charge is 0.406 e. The maximum atomic E-state index is 12.1. The van der Waals surface area contributed by atoms with Gasteiger partial charge in [0, 0.05) is 18.0 Å². The SMILES string of the molecule is CC.Clc1cc(C2CC2)c2nccn2n1.FC(F)(F)Cn1cnc2ccccc21. The van der Waals surface area contributed by atoms with Crippen LogP contribution in [0.4, 0.5) is 13.2 Å². The minimum atomic E-state index is -4.20. The molecule has 154 valence electrons. The number of hydrogen-bond donors (Lipinski definition) is 0. The van der Waals surface area contributed by atoms with E-state index in [0.29, 0.717) is 22.1 Å². The van der Waals surface area contributed by atoms with Gasteiger partial charge in [-0.1, -0.05) is 37.6 Å². The molecule has 0 spiro atoms. The van der Waals surface area contributed by atoms with Crippen molar-refractivity contribution in [2.24, 2.45) is 0 Å². The van der Waals surface area contributed by atoms with Crippen LogP contribution in [0.3, 0.4) is 0 Å². The Morgan fingerprint density at radius 1 is 1.14 bits per heavy atom. The van der Waals surface area contributed by atoms with E-state index < -0.39 is 12.7 Å². The molecule has 0 bridgehead atoms. The van der Waals surface area contributed by atoms with Gasteiger partial charge in [-0.05, 0) is 37.0 Å². The second-order valence-electron chi connectivity index (χ2n) is 6.37. The van der Waals surface area contributed by atoms with E-state index in [9.17, 15) is 13.2 Å². The summed E-state index contributed by atoms with van der Waals surface area (Å²) < 4.78 is 39.1. The van der Waals surface area contributed by atoms with Crippen LogP contribution in [-0.2, 0) is 6.54 Å². The zero-order valence-corrected chi connectivity index (χ0v) is 16.8. The summed E-state index contributed by atoms with van der Waals surface area (Å²) in [5.41, 5.74) is 3.28. The fourth-order valence-electron chi connectivity index (χ4n) is 2.93. The molecule has 29 heavy (non-hydrogen) atoms. The van der Waals surface area contributed by atoms with E-state index in [4.69, 9.17) is 11.6 Å². The second-order valence-corrected chi connectivity index (χ2v) is 6.76. The highest BCUT2D eigenvalue weighted by Gasteiger charge is 2.28. The maximum absolute atomic E-state index is 12.1. The van der Waals surface area contributed by atoms with Crippen molar-refractivity contribution in [1.82, 2.24) is 24.1 Å². The summed E-state index contributed by atoms with van der Waals surface area (Å²) in [6.07, 6.45) is 3.09. The molecule has 1 aliphatic rings. The van der Waals surface area contributed by atoms with Gasteiger partial charge in [0.05, 0.1) is 17.4 Å². The lowest BCUT2D eigenvalue weighted by molar-refractivity contribution is -0.139. The third-order valence-corrected chi connectivity index (χ3v) is 4.44. The third-order valence-electron chi connectivity index (χ3n) is 4.25. The molecule has 4 aromatic rings. The van der Waals surface area contributed by atoms with Crippen molar-refractivity contribution in [2.75, 3.05) is 0 Å². The first-order valence-corrected chi connectivity index (χ1v) is 9.75. The molecule has 3 heterocycles. The average Bonchev–Trinajstić information content (AvgIpc) is 3.31. The van der Waals surface area contributed by atoms with Gasteiger partial charge in [0.15, 0.2) is 5.65 Å². The Balaban J connectivity index is 0.000000153. The van der Waals surface area contributed by atoms with Crippen molar-refractivity contribution in [1.29, 1.82) is 0 Å². The lowest BCUT2D eigenvalue weighted by Gasteiger charge is -2.07. The Morgan fingerprint density at radius 2 is 1.86 bits per heavy atom. The number of para-hydroxylation sites is 2. The molecule has 1 saturated carbocycles. The number of halogens is 4. The molecule has 5 nitrogen and oxygen atoms in total. The van der Waals surface area contributed by atoms with Gasteiger partial charge >= 0.3 is 6.18 Å². The Kier molecular flexibility index (Phi) is 6.42. The molecular weight excluding hydrogens is 403 g/mol. The Bertz CT molecular complexity index is 1080. The van der Waals surface area contributed by atoms with Crippen LogP contribution in [0.15, 0.2) is 49.1 Å². The van der Waals surface area contributed by atoms with Gasteiger partial charge in [-0.15, -0.1) is 0 Å². The number of hydrogen-bond acceptors (Lipinski definition) is 3. The van der Waals surface area contributed by atoms with Crippen LogP contribution in [0.5, 0.6) is 0 Å². The molecule has 0 aliphatic heterocycles. The van der Waals surface area contributed by atoms with Gasteiger partial charge in [-0.3, -0.25) is 0 Å². The molecule has 1 aliphatic carbocycles. The molecule has 9 heteroatoms. The van der Waals surface area contributed by atoms with Crippen LogP contribution in [0.2, 0.25) is 5.15 Å². The fourth-order valence-corrected chi connectivity index (χ4v) is 3.13. The van der Waals surface area contributed by atoms with Crippen molar-refractivity contribution < 1.29 is 13.2 Å². The average molecular weight is 424 g/mol. The number of alkyl halides is 3. The van der Waals surface area contributed by atoms with Crippen molar-refractivity contribution in [3.05, 3.63) is 59.8 Å². The highest BCUT2D eigenvalue weighted by atomic mass is 35.5. The molecular formula is C20H21ClF3N5. The van der Waals surface area contributed by atoms with E-state index in [1.54, 1.807) is 35.0 Å². The monoisotopic (exact) mass is 423 g/mol. The molecule has 3 aromatic heterocycles. The van der Waals surface area contributed by atoms with E-state index in [1.807, 2.05) is 26.1 Å². The first-order chi connectivity index (χ1) is 13.9.